The monoisotopic (exact) mass is 158 g/mol. The molecule has 1 aromatic carbocycles. The van der Waals surface area contributed by atoms with E-state index in [2.05, 4.69) is 50.4 Å². The van der Waals surface area contributed by atoms with Gasteiger partial charge in [-0.1, -0.05) is 44.7 Å². The van der Waals surface area contributed by atoms with Gasteiger partial charge in [-0.2, -0.15) is 0 Å². The lowest BCUT2D eigenvalue weighted by molar-refractivity contribution is 0.866. The summed E-state index contributed by atoms with van der Waals surface area (Å²) in [6, 6.07) is 8.44. The van der Waals surface area contributed by atoms with Gasteiger partial charge in [-0.15, -0.1) is 5.73 Å². The Morgan fingerprint density at radius 2 is 2.17 bits per heavy atom. The maximum Gasteiger partial charge on any atom is -0.0133 e. The minimum absolute atomic E-state index is 0.586. The molecule has 0 saturated heterocycles. The Labute approximate surface area is 74.2 Å². The van der Waals surface area contributed by atoms with Crippen molar-refractivity contribution in [3.63, 3.8) is 0 Å². The molecular formula is C12H14. The SMILES string of the molecule is C=C=Cc1cccc(C(C)C)c1. The minimum atomic E-state index is 0.586. The van der Waals surface area contributed by atoms with Crippen LogP contribution in [0.3, 0.4) is 0 Å². The zero-order valence-corrected chi connectivity index (χ0v) is 7.67. The molecule has 0 aliphatic rings. The van der Waals surface area contributed by atoms with E-state index >= 15 is 0 Å². The van der Waals surface area contributed by atoms with Gasteiger partial charge >= 0.3 is 0 Å². The van der Waals surface area contributed by atoms with E-state index in [1.54, 1.807) is 0 Å². The fraction of sp³-hybridized carbons (Fsp3) is 0.250. The molecular weight excluding hydrogens is 144 g/mol. The normalized spacial score (nSPS) is 9.58. The molecule has 62 valence electrons. The molecule has 0 amide bonds. The van der Waals surface area contributed by atoms with E-state index in [1.807, 2.05) is 6.08 Å². The van der Waals surface area contributed by atoms with Crippen LogP contribution < -0.4 is 0 Å². The first-order valence-corrected chi connectivity index (χ1v) is 4.20. The highest BCUT2D eigenvalue weighted by atomic mass is 14.0. The topological polar surface area (TPSA) is 0 Å². The van der Waals surface area contributed by atoms with Crippen LogP contribution in [-0.4, -0.2) is 0 Å². The molecule has 0 aliphatic carbocycles. The highest BCUT2D eigenvalue weighted by Gasteiger charge is 1.97. The predicted octanol–water partition coefficient (Wildman–Crippen LogP) is 3.61. The average Bonchev–Trinajstić information content (AvgIpc) is 2.05. The lowest BCUT2D eigenvalue weighted by Gasteiger charge is -2.04. The van der Waals surface area contributed by atoms with Crippen LogP contribution in [0.2, 0.25) is 0 Å². The summed E-state index contributed by atoms with van der Waals surface area (Å²) in [7, 11) is 0. The smallest absolute Gasteiger partial charge is 0.0133 e. The number of rotatable bonds is 2. The van der Waals surface area contributed by atoms with Crippen LogP contribution in [0.1, 0.15) is 30.9 Å². The van der Waals surface area contributed by atoms with Crippen LogP contribution in [0, 0.1) is 0 Å². The van der Waals surface area contributed by atoms with Crippen molar-refractivity contribution in [2.24, 2.45) is 0 Å². The Kier molecular flexibility index (Phi) is 2.90. The second kappa shape index (κ2) is 3.94. The van der Waals surface area contributed by atoms with E-state index in [0.29, 0.717) is 5.92 Å². The molecule has 0 atom stereocenters. The first-order valence-electron chi connectivity index (χ1n) is 4.20. The summed E-state index contributed by atoms with van der Waals surface area (Å²) >= 11 is 0. The van der Waals surface area contributed by atoms with Gasteiger partial charge in [0.15, 0.2) is 0 Å². The number of hydrogen-bond donors (Lipinski definition) is 0. The molecule has 0 aliphatic heterocycles. The minimum Gasteiger partial charge on any atom is -0.128 e. The molecule has 0 radical (unpaired) electrons. The van der Waals surface area contributed by atoms with Gasteiger partial charge in [0, 0.05) is 0 Å². The van der Waals surface area contributed by atoms with Crippen molar-refractivity contribution in [1.82, 2.24) is 0 Å². The fourth-order valence-corrected chi connectivity index (χ4v) is 1.13. The van der Waals surface area contributed by atoms with Gasteiger partial charge in [-0.25, -0.2) is 0 Å². The summed E-state index contributed by atoms with van der Waals surface area (Å²) in [6.07, 6.45) is 1.89. The molecule has 0 N–H and O–H groups in total. The fourth-order valence-electron chi connectivity index (χ4n) is 1.13. The van der Waals surface area contributed by atoms with Gasteiger partial charge in [-0.05, 0) is 23.1 Å². The summed E-state index contributed by atoms with van der Waals surface area (Å²) in [6.45, 7) is 7.93. The molecule has 0 unspecified atom stereocenters. The number of benzene rings is 1. The van der Waals surface area contributed by atoms with Crippen LogP contribution in [0.5, 0.6) is 0 Å². The van der Waals surface area contributed by atoms with E-state index in [0.717, 1.165) is 0 Å². The zero-order valence-electron chi connectivity index (χ0n) is 7.67. The molecule has 12 heavy (non-hydrogen) atoms. The van der Waals surface area contributed by atoms with Gasteiger partial charge in [-0.3, -0.25) is 0 Å². The molecule has 0 aromatic heterocycles. The van der Waals surface area contributed by atoms with Crippen LogP contribution in [0.4, 0.5) is 0 Å². The first-order chi connectivity index (χ1) is 5.74. The molecule has 0 heteroatoms. The van der Waals surface area contributed by atoms with Crippen molar-refractivity contribution in [3.05, 3.63) is 47.7 Å². The second-order valence-corrected chi connectivity index (χ2v) is 3.17. The standard InChI is InChI=1S/C12H14/c1-4-6-11-7-5-8-12(9-11)10(2)3/h5-10H,1H2,2-3H3. The molecule has 0 heterocycles. The lowest BCUT2D eigenvalue weighted by Crippen LogP contribution is -1.86. The van der Waals surface area contributed by atoms with Crippen LogP contribution >= 0.6 is 0 Å². The molecule has 0 bridgehead atoms. The summed E-state index contributed by atoms with van der Waals surface area (Å²) in [5, 5.41) is 0. The zero-order chi connectivity index (χ0) is 8.97. The molecule has 1 rings (SSSR count). The first kappa shape index (κ1) is 8.83. The van der Waals surface area contributed by atoms with Crippen molar-refractivity contribution in [2.75, 3.05) is 0 Å². The van der Waals surface area contributed by atoms with Gasteiger partial charge < -0.3 is 0 Å². The Hall–Kier alpha value is -1.26. The van der Waals surface area contributed by atoms with Crippen LogP contribution in [0.25, 0.3) is 6.08 Å². The van der Waals surface area contributed by atoms with Gasteiger partial charge in [0.05, 0.1) is 0 Å². The van der Waals surface area contributed by atoms with Crippen molar-refractivity contribution < 1.29 is 0 Å². The van der Waals surface area contributed by atoms with E-state index in [4.69, 9.17) is 0 Å². The van der Waals surface area contributed by atoms with E-state index in [-0.39, 0.29) is 0 Å². The van der Waals surface area contributed by atoms with Crippen LogP contribution in [-0.2, 0) is 0 Å². The maximum absolute atomic E-state index is 3.55. The van der Waals surface area contributed by atoms with Crippen molar-refractivity contribution in [1.29, 1.82) is 0 Å². The predicted molar refractivity (Wildman–Crippen MR) is 54.1 cm³/mol. The highest BCUT2D eigenvalue weighted by Crippen LogP contribution is 2.15. The summed E-state index contributed by atoms with van der Waals surface area (Å²) in [5.74, 6) is 0.586. The van der Waals surface area contributed by atoms with Gasteiger partial charge in [0.25, 0.3) is 0 Å². The summed E-state index contributed by atoms with van der Waals surface area (Å²) in [5.41, 5.74) is 5.31. The number of hydrogen-bond acceptors (Lipinski definition) is 0. The largest absolute Gasteiger partial charge is 0.128 e. The molecule has 1 aromatic rings. The van der Waals surface area contributed by atoms with Gasteiger partial charge in [0.1, 0.15) is 0 Å². The lowest BCUT2D eigenvalue weighted by atomic mass is 10.0. The second-order valence-electron chi connectivity index (χ2n) is 3.17. The molecule has 0 fully saturated rings. The Bertz CT molecular complexity index is 302. The maximum atomic E-state index is 3.55. The summed E-state index contributed by atoms with van der Waals surface area (Å²) < 4.78 is 0. The van der Waals surface area contributed by atoms with Crippen molar-refractivity contribution >= 4 is 6.08 Å². The third kappa shape index (κ3) is 2.11. The summed E-state index contributed by atoms with van der Waals surface area (Å²) in [4.78, 5) is 0. The van der Waals surface area contributed by atoms with Crippen LogP contribution in [0.15, 0.2) is 36.6 Å². The molecule has 0 nitrogen and oxygen atoms in total. The quantitative estimate of drug-likeness (QED) is 0.577. The van der Waals surface area contributed by atoms with Gasteiger partial charge in [0.2, 0.25) is 0 Å². The Balaban J connectivity index is 3.03. The van der Waals surface area contributed by atoms with Crippen molar-refractivity contribution in [3.8, 4) is 0 Å². The van der Waals surface area contributed by atoms with E-state index in [9.17, 15) is 0 Å². The highest BCUT2D eigenvalue weighted by molar-refractivity contribution is 5.49. The van der Waals surface area contributed by atoms with Crippen molar-refractivity contribution in [2.45, 2.75) is 19.8 Å². The third-order valence-corrected chi connectivity index (χ3v) is 1.85. The third-order valence-electron chi connectivity index (χ3n) is 1.85. The van der Waals surface area contributed by atoms with E-state index < -0.39 is 0 Å². The van der Waals surface area contributed by atoms with E-state index in [1.165, 1.54) is 11.1 Å². The Morgan fingerprint density at radius 1 is 1.42 bits per heavy atom. The molecule has 0 spiro atoms. The average molecular weight is 158 g/mol. The Morgan fingerprint density at radius 3 is 2.75 bits per heavy atom. The molecule has 0 saturated carbocycles.